The minimum Gasteiger partial charge on any atom is -0.462 e. The molecule has 0 aromatic rings. The van der Waals surface area contributed by atoms with Crippen LogP contribution in [0.3, 0.4) is 0 Å². The molecule has 366 valence electrons. The summed E-state index contributed by atoms with van der Waals surface area (Å²) in [5, 5.41) is 23.7. The molecule has 0 aliphatic rings. The lowest BCUT2D eigenvalue weighted by molar-refractivity contribution is -0.151. The number of allylic oxidation sites excluding steroid dienone is 10. The number of rotatable bonds is 48. The van der Waals surface area contributed by atoms with Gasteiger partial charge in [-0.05, 0) is 77.0 Å². The van der Waals surface area contributed by atoms with Crippen molar-refractivity contribution < 1.29 is 24.5 Å². The Hall–Kier alpha value is -2.44. The second-order valence-corrected chi connectivity index (χ2v) is 18.4. The number of carbonyl (C=O) groups is 2. The molecule has 0 aromatic heterocycles. The third-order valence-corrected chi connectivity index (χ3v) is 12.2. The molecule has 0 aliphatic carbocycles. The molecule has 3 unspecified atom stereocenters. The van der Waals surface area contributed by atoms with Crippen LogP contribution in [0.15, 0.2) is 60.8 Å². The van der Waals surface area contributed by atoms with Gasteiger partial charge in [-0.3, -0.25) is 9.59 Å². The van der Waals surface area contributed by atoms with Crippen LogP contribution in [0.4, 0.5) is 0 Å². The average molecular weight is 882 g/mol. The summed E-state index contributed by atoms with van der Waals surface area (Å²) < 4.78 is 5.94. The molecule has 1 amide bonds. The molecule has 0 saturated heterocycles. The summed E-state index contributed by atoms with van der Waals surface area (Å²) in [5.74, 6) is -0.501. The molecule has 0 saturated carbocycles. The first kappa shape index (κ1) is 60.6. The summed E-state index contributed by atoms with van der Waals surface area (Å²) in [7, 11) is 0. The predicted molar refractivity (Wildman–Crippen MR) is 273 cm³/mol. The van der Waals surface area contributed by atoms with Gasteiger partial charge < -0.3 is 20.3 Å². The molecule has 3 N–H and O–H groups in total. The van der Waals surface area contributed by atoms with E-state index >= 15 is 0 Å². The summed E-state index contributed by atoms with van der Waals surface area (Å²) >= 11 is 0. The van der Waals surface area contributed by atoms with Crippen LogP contribution in [0.25, 0.3) is 0 Å². The highest BCUT2D eigenvalue weighted by atomic mass is 16.5. The van der Waals surface area contributed by atoms with Gasteiger partial charge in [0.1, 0.15) is 6.10 Å². The minimum atomic E-state index is -0.793. The van der Waals surface area contributed by atoms with Crippen molar-refractivity contribution in [2.24, 2.45) is 0 Å². The van der Waals surface area contributed by atoms with E-state index < -0.39 is 18.2 Å². The molecule has 63 heavy (non-hydrogen) atoms. The molecular formula is C57H103NO5. The lowest BCUT2D eigenvalue weighted by atomic mass is 10.0. The topological polar surface area (TPSA) is 95.9 Å². The van der Waals surface area contributed by atoms with Gasteiger partial charge in [0, 0.05) is 6.42 Å². The van der Waals surface area contributed by atoms with Crippen LogP contribution < -0.4 is 5.32 Å². The molecule has 3 atom stereocenters. The van der Waals surface area contributed by atoms with E-state index in [0.717, 1.165) is 83.5 Å². The van der Waals surface area contributed by atoms with Gasteiger partial charge in [-0.15, -0.1) is 0 Å². The number of ether oxygens (including phenoxy) is 1. The highest BCUT2D eigenvalue weighted by molar-refractivity contribution is 5.77. The molecule has 0 bridgehead atoms. The number of carbonyl (C=O) groups excluding carboxylic acids is 2. The van der Waals surface area contributed by atoms with Gasteiger partial charge in [-0.25, -0.2) is 0 Å². The molecule has 0 radical (unpaired) electrons. The molecule has 0 aromatic carbocycles. The first-order valence-corrected chi connectivity index (χ1v) is 27.1. The number of amides is 1. The highest BCUT2D eigenvalue weighted by Crippen LogP contribution is 2.18. The molecule has 0 fully saturated rings. The van der Waals surface area contributed by atoms with Crippen molar-refractivity contribution in [2.45, 2.75) is 283 Å². The fourth-order valence-corrected chi connectivity index (χ4v) is 8.03. The predicted octanol–water partition coefficient (Wildman–Crippen LogP) is 16.4. The second kappa shape index (κ2) is 50.6. The number of aliphatic hydroxyl groups excluding tert-OH is 2. The van der Waals surface area contributed by atoms with Crippen molar-refractivity contribution in [3.8, 4) is 0 Å². The van der Waals surface area contributed by atoms with Gasteiger partial charge in [-0.2, -0.15) is 0 Å². The third-order valence-electron chi connectivity index (χ3n) is 12.2. The summed E-state index contributed by atoms with van der Waals surface area (Å²) in [6.45, 7) is 6.43. The number of esters is 1. The zero-order valence-electron chi connectivity index (χ0n) is 41.7. The van der Waals surface area contributed by atoms with E-state index in [4.69, 9.17) is 4.74 Å². The summed E-state index contributed by atoms with van der Waals surface area (Å²) in [6, 6.07) is -0.708. The molecule has 0 heterocycles. The van der Waals surface area contributed by atoms with Crippen molar-refractivity contribution in [2.75, 3.05) is 6.61 Å². The summed E-state index contributed by atoms with van der Waals surface area (Å²) in [5.41, 5.74) is 0. The molecule has 0 rings (SSSR count). The molecular weight excluding hydrogens is 779 g/mol. The average Bonchev–Trinajstić information content (AvgIpc) is 3.28. The Bertz CT molecular complexity index is 1130. The van der Waals surface area contributed by atoms with Crippen LogP contribution >= 0.6 is 0 Å². The third kappa shape index (κ3) is 45.9. The van der Waals surface area contributed by atoms with Crippen molar-refractivity contribution in [3.63, 3.8) is 0 Å². The Morgan fingerprint density at radius 1 is 0.460 bits per heavy atom. The van der Waals surface area contributed by atoms with E-state index in [1.54, 1.807) is 0 Å². The van der Waals surface area contributed by atoms with Crippen LogP contribution in [-0.4, -0.2) is 46.9 Å². The SMILES string of the molecule is CCCCC/C=C/C=C/C=C/C=C/CCCCCCCC(=O)OC(CCCCCCCCC/C=C/CCCCCCCC)CC(=O)NC(CO)C(O)CCCCCCCCCCC. The smallest absolute Gasteiger partial charge is 0.306 e. The Balaban J connectivity index is 4.62. The van der Waals surface area contributed by atoms with E-state index in [2.05, 4.69) is 86.8 Å². The number of hydrogen-bond acceptors (Lipinski definition) is 5. The monoisotopic (exact) mass is 882 g/mol. The molecule has 0 spiro atoms. The van der Waals surface area contributed by atoms with Gasteiger partial charge in [0.15, 0.2) is 0 Å². The first-order valence-electron chi connectivity index (χ1n) is 27.1. The fourth-order valence-electron chi connectivity index (χ4n) is 8.03. The van der Waals surface area contributed by atoms with Crippen LogP contribution in [0.1, 0.15) is 265 Å². The van der Waals surface area contributed by atoms with Crippen molar-refractivity contribution >= 4 is 11.9 Å². The van der Waals surface area contributed by atoms with Crippen molar-refractivity contribution in [1.29, 1.82) is 0 Å². The summed E-state index contributed by atoms with van der Waals surface area (Å²) in [6.07, 6.45) is 62.8. The first-order chi connectivity index (χ1) is 31.0. The highest BCUT2D eigenvalue weighted by Gasteiger charge is 2.24. The van der Waals surface area contributed by atoms with Gasteiger partial charge in [0.25, 0.3) is 0 Å². The number of nitrogens with one attached hydrogen (secondary N) is 1. The quantitative estimate of drug-likeness (QED) is 0.0245. The Morgan fingerprint density at radius 3 is 1.30 bits per heavy atom. The minimum absolute atomic E-state index is 0.0640. The molecule has 6 nitrogen and oxygen atoms in total. The zero-order chi connectivity index (χ0) is 45.9. The maximum atomic E-state index is 13.2. The lowest BCUT2D eigenvalue weighted by Gasteiger charge is -2.24. The largest absolute Gasteiger partial charge is 0.462 e. The summed E-state index contributed by atoms with van der Waals surface area (Å²) in [4.78, 5) is 26.2. The van der Waals surface area contributed by atoms with Gasteiger partial charge in [-0.1, -0.05) is 236 Å². The molecule has 6 heteroatoms. The van der Waals surface area contributed by atoms with E-state index in [-0.39, 0.29) is 24.9 Å². The Kier molecular flexibility index (Phi) is 48.6. The van der Waals surface area contributed by atoms with Crippen molar-refractivity contribution in [1.82, 2.24) is 5.32 Å². The standard InChI is InChI=1S/C57H103NO5/c1-4-7-10-13-16-19-21-23-25-27-29-31-33-35-38-41-44-47-50-57(62)63-53(48-45-42-39-37-34-32-30-28-26-24-22-20-17-14-11-8-5-2)51-56(61)58-54(52-59)55(60)49-46-43-40-36-18-15-12-9-6-3/h16,19,21,23-27,29,31,53-55,59-60H,4-15,17-18,20,22,28,30,32-52H2,1-3H3,(H,58,61)/b19-16+,23-21+,26-24+,27-25+,31-29+. The Morgan fingerprint density at radius 2 is 0.825 bits per heavy atom. The van der Waals surface area contributed by atoms with Crippen LogP contribution in [-0.2, 0) is 14.3 Å². The lowest BCUT2D eigenvalue weighted by Crippen LogP contribution is -2.46. The normalized spacial score (nSPS) is 13.7. The second-order valence-electron chi connectivity index (χ2n) is 18.4. The maximum Gasteiger partial charge on any atom is 0.306 e. The number of hydrogen-bond donors (Lipinski definition) is 3. The van der Waals surface area contributed by atoms with E-state index in [1.807, 2.05) is 0 Å². The van der Waals surface area contributed by atoms with Gasteiger partial charge >= 0.3 is 5.97 Å². The number of unbranched alkanes of at least 4 members (excludes halogenated alkanes) is 29. The number of aliphatic hydroxyl groups is 2. The van der Waals surface area contributed by atoms with Crippen LogP contribution in [0.5, 0.6) is 0 Å². The van der Waals surface area contributed by atoms with E-state index in [1.165, 1.54) is 135 Å². The van der Waals surface area contributed by atoms with Crippen LogP contribution in [0, 0.1) is 0 Å². The van der Waals surface area contributed by atoms with E-state index in [0.29, 0.717) is 19.3 Å². The zero-order valence-corrected chi connectivity index (χ0v) is 41.7. The van der Waals surface area contributed by atoms with Crippen LogP contribution in [0.2, 0.25) is 0 Å². The maximum absolute atomic E-state index is 13.2. The van der Waals surface area contributed by atoms with Gasteiger partial charge in [0.2, 0.25) is 5.91 Å². The van der Waals surface area contributed by atoms with Crippen molar-refractivity contribution in [3.05, 3.63) is 60.8 Å². The van der Waals surface area contributed by atoms with E-state index in [9.17, 15) is 19.8 Å². The fraction of sp³-hybridized carbons (Fsp3) is 0.789. The molecule has 0 aliphatic heterocycles. The Labute approximate surface area is 390 Å². The van der Waals surface area contributed by atoms with Gasteiger partial charge in [0.05, 0.1) is 25.2 Å².